The molecule has 0 bridgehead atoms. The monoisotopic (exact) mass is 462 g/mol. The first kappa shape index (κ1) is 24.3. The van der Waals surface area contributed by atoms with Crippen molar-refractivity contribution >= 4 is 21.5 Å². The molecule has 4 rings (SSSR count). The van der Waals surface area contributed by atoms with Gasteiger partial charge in [0.1, 0.15) is 0 Å². The number of rotatable bonds is 0. The minimum Gasteiger partial charge on any atom is -1.00 e. The molecular weight excluding hydrogens is 447 g/mol. The van der Waals surface area contributed by atoms with E-state index < -0.39 is 0 Å². The minimum absolute atomic E-state index is 0. The summed E-state index contributed by atoms with van der Waals surface area (Å²) in [6.07, 6.45) is 0. The van der Waals surface area contributed by atoms with Gasteiger partial charge in [0.15, 0.2) is 0 Å². The van der Waals surface area contributed by atoms with Crippen LogP contribution in [0.25, 0.3) is 21.5 Å². The van der Waals surface area contributed by atoms with E-state index in [1.807, 2.05) is 0 Å². The van der Waals surface area contributed by atoms with Gasteiger partial charge in [-0.3, -0.25) is 0 Å². The Hall–Kier alpha value is -0.947. The fourth-order valence-electron chi connectivity index (χ4n) is 2.14. The number of halogens is 2. The Morgan fingerprint density at radius 1 is 0.609 bits per heavy atom. The van der Waals surface area contributed by atoms with Gasteiger partial charge in [0.25, 0.3) is 0 Å². The van der Waals surface area contributed by atoms with Crippen molar-refractivity contribution in [2.24, 2.45) is 0 Å². The maximum Gasteiger partial charge on any atom is 4.00 e. The number of fused-ring (bicyclic) bond motifs is 2. The van der Waals surface area contributed by atoms with E-state index in [0.717, 1.165) is 0 Å². The van der Waals surface area contributed by atoms with Gasteiger partial charge in [0.2, 0.25) is 0 Å². The Morgan fingerprint density at radius 2 is 0.957 bits per heavy atom. The second kappa shape index (κ2) is 13.5. The molecule has 0 radical (unpaired) electrons. The van der Waals surface area contributed by atoms with Crippen LogP contribution in [0.3, 0.4) is 0 Å². The Bertz CT molecular complexity index is 647. The van der Waals surface area contributed by atoms with Gasteiger partial charge in [-0.2, -0.15) is 35.0 Å². The van der Waals surface area contributed by atoms with Crippen molar-refractivity contribution in [1.82, 2.24) is 0 Å². The zero-order valence-electron chi connectivity index (χ0n) is 12.8. The first-order chi connectivity index (χ1) is 9.93. The Balaban J connectivity index is 0. The van der Waals surface area contributed by atoms with Gasteiger partial charge in [-0.25, -0.2) is 0 Å². The standard InChI is InChI=1S/2C9H7.C2H4.BrH.ClH.Zr/c2*1-2-5-9-7-3-6-8(9)4-1;1-2;;;/h2*1-7H;1-2H2;2*1H;/q2*-1;;;;+4/p-2. The molecule has 3 heteroatoms. The Kier molecular flexibility index (Phi) is 14.3. The fraction of sp³-hybridized carbons (Fsp3) is 0. The molecule has 0 unspecified atom stereocenters. The van der Waals surface area contributed by atoms with Crippen molar-refractivity contribution in [2.75, 3.05) is 0 Å². The molecule has 0 heterocycles. The zero-order chi connectivity index (χ0) is 14.2. The first-order valence-corrected chi connectivity index (χ1v) is 6.64. The molecule has 0 atom stereocenters. The molecule has 116 valence electrons. The zero-order valence-corrected chi connectivity index (χ0v) is 17.6. The van der Waals surface area contributed by atoms with Crippen LogP contribution in [0.1, 0.15) is 0 Å². The molecule has 0 aromatic heterocycles. The summed E-state index contributed by atoms with van der Waals surface area (Å²) in [5.41, 5.74) is 0. The molecule has 0 aliphatic heterocycles. The molecule has 23 heavy (non-hydrogen) atoms. The van der Waals surface area contributed by atoms with Crippen LogP contribution in [0.15, 0.2) is 98.1 Å². The Morgan fingerprint density at radius 3 is 1.30 bits per heavy atom. The van der Waals surface area contributed by atoms with Crippen molar-refractivity contribution < 1.29 is 55.6 Å². The average molecular weight is 465 g/mol. The minimum atomic E-state index is 0. The predicted octanol–water partition coefficient (Wildman–Crippen LogP) is -0.0749. The summed E-state index contributed by atoms with van der Waals surface area (Å²) >= 11 is 0. The first-order valence-electron chi connectivity index (χ1n) is 6.64. The van der Waals surface area contributed by atoms with Crippen LogP contribution in [-0.4, -0.2) is 0 Å². The third kappa shape index (κ3) is 7.00. The molecular formula is C20H18BrClZr. The summed E-state index contributed by atoms with van der Waals surface area (Å²) in [4.78, 5) is 0. The van der Waals surface area contributed by atoms with Crippen molar-refractivity contribution in [3.8, 4) is 0 Å². The summed E-state index contributed by atoms with van der Waals surface area (Å²) in [6, 6.07) is 29.3. The number of hydrogen-bond donors (Lipinski definition) is 0. The van der Waals surface area contributed by atoms with E-state index in [-0.39, 0.29) is 55.6 Å². The molecule has 0 saturated heterocycles. The van der Waals surface area contributed by atoms with E-state index in [9.17, 15) is 0 Å². The van der Waals surface area contributed by atoms with Gasteiger partial charge >= 0.3 is 26.2 Å². The van der Waals surface area contributed by atoms with Gasteiger partial charge in [0.05, 0.1) is 0 Å². The van der Waals surface area contributed by atoms with E-state index in [2.05, 4.69) is 98.1 Å². The molecule has 0 amide bonds. The van der Waals surface area contributed by atoms with Crippen LogP contribution in [0.4, 0.5) is 0 Å². The molecule has 0 aliphatic rings. The molecule has 0 fully saturated rings. The number of hydrogen-bond acceptors (Lipinski definition) is 0. The van der Waals surface area contributed by atoms with Gasteiger partial charge in [-0.05, 0) is 0 Å². The SMILES string of the molecule is C=C.[Br-].[Cl-].[Zr+4].c1ccc2[cH-]ccc2c1.c1ccc2[cH-]ccc2c1. The molecule has 4 aromatic carbocycles. The van der Waals surface area contributed by atoms with E-state index in [0.29, 0.717) is 0 Å². The van der Waals surface area contributed by atoms with E-state index in [1.165, 1.54) is 21.5 Å². The Labute approximate surface area is 174 Å². The normalized spacial score (nSPS) is 8.17. The van der Waals surface area contributed by atoms with Gasteiger partial charge in [-0.1, -0.05) is 12.1 Å². The molecule has 0 aliphatic carbocycles. The molecule has 0 N–H and O–H groups in total. The fourth-order valence-corrected chi connectivity index (χ4v) is 2.14. The van der Waals surface area contributed by atoms with Crippen molar-refractivity contribution in [2.45, 2.75) is 0 Å². The maximum atomic E-state index is 3.00. The van der Waals surface area contributed by atoms with Gasteiger partial charge < -0.3 is 29.4 Å². The van der Waals surface area contributed by atoms with Crippen LogP contribution >= 0.6 is 0 Å². The van der Waals surface area contributed by atoms with Crippen LogP contribution in [-0.2, 0) is 26.2 Å². The molecule has 4 aromatic rings. The van der Waals surface area contributed by atoms with Crippen molar-refractivity contribution in [3.05, 3.63) is 98.1 Å². The second-order valence-corrected chi connectivity index (χ2v) is 4.31. The quantitative estimate of drug-likeness (QED) is 0.252. The third-order valence-electron chi connectivity index (χ3n) is 3.10. The van der Waals surface area contributed by atoms with Crippen LogP contribution in [0.2, 0.25) is 0 Å². The van der Waals surface area contributed by atoms with Gasteiger partial charge in [-0.15, -0.1) is 72.5 Å². The smallest absolute Gasteiger partial charge is 1.00 e. The average Bonchev–Trinajstić information content (AvgIpc) is 3.18. The van der Waals surface area contributed by atoms with Crippen LogP contribution < -0.4 is 29.4 Å². The van der Waals surface area contributed by atoms with Crippen LogP contribution in [0.5, 0.6) is 0 Å². The van der Waals surface area contributed by atoms with Crippen LogP contribution in [0, 0.1) is 0 Å². The summed E-state index contributed by atoms with van der Waals surface area (Å²) in [5, 5.41) is 5.32. The van der Waals surface area contributed by atoms with Crippen molar-refractivity contribution in [1.29, 1.82) is 0 Å². The number of benzene rings is 2. The molecule has 0 nitrogen and oxygen atoms in total. The summed E-state index contributed by atoms with van der Waals surface area (Å²) < 4.78 is 0. The van der Waals surface area contributed by atoms with Gasteiger partial charge in [0, 0.05) is 0 Å². The van der Waals surface area contributed by atoms with Crippen molar-refractivity contribution in [3.63, 3.8) is 0 Å². The van der Waals surface area contributed by atoms with E-state index in [1.54, 1.807) is 0 Å². The molecule has 0 saturated carbocycles. The largest absolute Gasteiger partial charge is 4.00 e. The second-order valence-electron chi connectivity index (χ2n) is 4.31. The summed E-state index contributed by atoms with van der Waals surface area (Å²) in [6.45, 7) is 6.00. The topological polar surface area (TPSA) is 0 Å². The predicted molar refractivity (Wildman–Crippen MR) is 90.3 cm³/mol. The molecule has 0 spiro atoms. The van der Waals surface area contributed by atoms with E-state index >= 15 is 0 Å². The van der Waals surface area contributed by atoms with E-state index in [4.69, 9.17) is 0 Å². The maximum absolute atomic E-state index is 3.00. The summed E-state index contributed by atoms with van der Waals surface area (Å²) in [5.74, 6) is 0. The summed E-state index contributed by atoms with van der Waals surface area (Å²) in [7, 11) is 0. The third-order valence-corrected chi connectivity index (χ3v) is 3.10.